The molecule has 0 aromatic heterocycles. The molecule has 0 saturated carbocycles. The second kappa shape index (κ2) is 5.65. The Morgan fingerprint density at radius 3 is 2.58 bits per heavy atom. The van der Waals surface area contributed by atoms with Gasteiger partial charge in [-0.25, -0.2) is 4.39 Å². The summed E-state index contributed by atoms with van der Waals surface area (Å²) in [7, 11) is 1.38. The standard InChI is InChI=1S/C16H15FO2/c1-3-11-5-4-6-12(9-11)16(18)13-7-8-14(17)15(10-13)19-2/h4-10H,3H2,1-2H3. The van der Waals surface area contributed by atoms with Crippen molar-refractivity contribution in [1.82, 2.24) is 0 Å². The summed E-state index contributed by atoms with van der Waals surface area (Å²) >= 11 is 0. The first-order valence-corrected chi connectivity index (χ1v) is 6.13. The van der Waals surface area contributed by atoms with E-state index in [-0.39, 0.29) is 11.5 Å². The topological polar surface area (TPSA) is 26.3 Å². The lowest BCUT2D eigenvalue weighted by Gasteiger charge is -2.06. The van der Waals surface area contributed by atoms with E-state index in [0.29, 0.717) is 11.1 Å². The summed E-state index contributed by atoms with van der Waals surface area (Å²) in [5.41, 5.74) is 2.12. The van der Waals surface area contributed by atoms with Crippen LogP contribution in [0, 0.1) is 5.82 Å². The number of halogens is 1. The molecule has 98 valence electrons. The third-order valence-electron chi connectivity index (χ3n) is 3.01. The van der Waals surface area contributed by atoms with Gasteiger partial charge in [0, 0.05) is 11.1 Å². The van der Waals surface area contributed by atoms with E-state index >= 15 is 0 Å². The van der Waals surface area contributed by atoms with Crippen molar-refractivity contribution in [3.8, 4) is 5.75 Å². The minimum Gasteiger partial charge on any atom is -0.494 e. The molecule has 19 heavy (non-hydrogen) atoms. The van der Waals surface area contributed by atoms with Gasteiger partial charge in [0.25, 0.3) is 0 Å². The Labute approximate surface area is 111 Å². The quantitative estimate of drug-likeness (QED) is 0.783. The van der Waals surface area contributed by atoms with Crippen molar-refractivity contribution in [2.75, 3.05) is 7.11 Å². The van der Waals surface area contributed by atoms with Gasteiger partial charge in [-0.3, -0.25) is 4.79 Å². The first-order valence-electron chi connectivity index (χ1n) is 6.13. The van der Waals surface area contributed by atoms with E-state index in [9.17, 15) is 9.18 Å². The summed E-state index contributed by atoms with van der Waals surface area (Å²) in [5.74, 6) is -0.521. The smallest absolute Gasteiger partial charge is 0.193 e. The van der Waals surface area contributed by atoms with Gasteiger partial charge in [0.05, 0.1) is 7.11 Å². The van der Waals surface area contributed by atoms with Crippen LogP contribution in [0.25, 0.3) is 0 Å². The normalized spacial score (nSPS) is 10.3. The zero-order valence-corrected chi connectivity index (χ0v) is 10.9. The summed E-state index contributed by atoms with van der Waals surface area (Å²) in [6.07, 6.45) is 0.869. The molecule has 0 aliphatic rings. The first kappa shape index (κ1) is 13.3. The predicted molar refractivity (Wildman–Crippen MR) is 72.2 cm³/mol. The molecule has 2 aromatic rings. The van der Waals surface area contributed by atoms with Gasteiger partial charge in [-0.15, -0.1) is 0 Å². The molecule has 0 aliphatic carbocycles. The second-order valence-electron chi connectivity index (χ2n) is 4.23. The van der Waals surface area contributed by atoms with Crippen molar-refractivity contribution in [1.29, 1.82) is 0 Å². The van der Waals surface area contributed by atoms with Crippen LogP contribution in [0.2, 0.25) is 0 Å². The summed E-state index contributed by atoms with van der Waals surface area (Å²) in [6.45, 7) is 2.03. The Morgan fingerprint density at radius 1 is 1.16 bits per heavy atom. The minimum absolute atomic E-state index is 0.0810. The highest BCUT2D eigenvalue weighted by Crippen LogP contribution is 2.20. The van der Waals surface area contributed by atoms with Crippen molar-refractivity contribution in [3.63, 3.8) is 0 Å². The van der Waals surface area contributed by atoms with Crippen LogP contribution in [0.1, 0.15) is 28.4 Å². The number of hydrogen-bond donors (Lipinski definition) is 0. The van der Waals surface area contributed by atoms with Crippen LogP contribution in [0.15, 0.2) is 42.5 Å². The molecular weight excluding hydrogens is 243 g/mol. The Kier molecular flexibility index (Phi) is 3.95. The predicted octanol–water partition coefficient (Wildman–Crippen LogP) is 3.63. The molecule has 0 atom stereocenters. The Balaban J connectivity index is 2.38. The molecule has 0 spiro atoms. The lowest BCUT2D eigenvalue weighted by molar-refractivity contribution is 0.103. The Hall–Kier alpha value is -2.16. The Bertz CT molecular complexity index is 605. The maximum atomic E-state index is 13.3. The van der Waals surface area contributed by atoms with Crippen molar-refractivity contribution < 1.29 is 13.9 Å². The number of ketones is 1. The van der Waals surface area contributed by atoms with Crippen molar-refractivity contribution in [2.45, 2.75) is 13.3 Å². The van der Waals surface area contributed by atoms with E-state index in [2.05, 4.69) is 0 Å². The molecule has 0 radical (unpaired) electrons. The number of ether oxygens (including phenoxy) is 1. The van der Waals surface area contributed by atoms with Gasteiger partial charge in [0.1, 0.15) is 0 Å². The van der Waals surface area contributed by atoms with E-state index in [0.717, 1.165) is 12.0 Å². The molecule has 0 amide bonds. The summed E-state index contributed by atoms with van der Waals surface area (Å²) in [4.78, 5) is 12.3. The Morgan fingerprint density at radius 2 is 1.89 bits per heavy atom. The largest absolute Gasteiger partial charge is 0.494 e. The molecule has 2 nitrogen and oxygen atoms in total. The average Bonchev–Trinajstić information content (AvgIpc) is 2.47. The fourth-order valence-corrected chi connectivity index (χ4v) is 1.90. The zero-order chi connectivity index (χ0) is 13.8. The average molecular weight is 258 g/mol. The minimum atomic E-state index is -0.471. The van der Waals surface area contributed by atoms with E-state index in [1.54, 1.807) is 6.07 Å². The molecule has 3 heteroatoms. The molecule has 0 heterocycles. The molecule has 2 aromatic carbocycles. The van der Waals surface area contributed by atoms with Crippen LogP contribution in [-0.4, -0.2) is 12.9 Å². The van der Waals surface area contributed by atoms with Crippen molar-refractivity contribution in [3.05, 3.63) is 65.0 Å². The van der Waals surface area contributed by atoms with Crippen molar-refractivity contribution >= 4 is 5.78 Å². The highest BCUT2D eigenvalue weighted by molar-refractivity contribution is 6.09. The van der Waals surface area contributed by atoms with Crippen LogP contribution in [-0.2, 0) is 6.42 Å². The number of methoxy groups -OCH3 is 1. The molecular formula is C16H15FO2. The van der Waals surface area contributed by atoms with Crippen LogP contribution >= 0.6 is 0 Å². The second-order valence-corrected chi connectivity index (χ2v) is 4.23. The van der Waals surface area contributed by atoms with Crippen LogP contribution in [0.5, 0.6) is 5.75 Å². The number of rotatable bonds is 4. The fourth-order valence-electron chi connectivity index (χ4n) is 1.90. The highest BCUT2D eigenvalue weighted by Gasteiger charge is 2.12. The van der Waals surface area contributed by atoms with Gasteiger partial charge in [-0.05, 0) is 36.2 Å². The van der Waals surface area contributed by atoms with E-state index < -0.39 is 5.82 Å². The first-order chi connectivity index (χ1) is 9.15. The summed E-state index contributed by atoms with van der Waals surface area (Å²) in [5, 5.41) is 0. The number of aryl methyl sites for hydroxylation is 1. The number of hydrogen-bond acceptors (Lipinski definition) is 2. The van der Waals surface area contributed by atoms with Gasteiger partial charge in [0.2, 0.25) is 0 Å². The molecule has 0 aliphatic heterocycles. The zero-order valence-electron chi connectivity index (χ0n) is 10.9. The number of carbonyl (C=O) groups excluding carboxylic acids is 1. The molecule has 0 saturated heterocycles. The lowest BCUT2D eigenvalue weighted by atomic mass is 10.0. The molecule has 0 fully saturated rings. The van der Waals surface area contributed by atoms with Gasteiger partial charge in [-0.2, -0.15) is 0 Å². The number of carbonyl (C=O) groups is 1. The van der Waals surface area contributed by atoms with Gasteiger partial charge >= 0.3 is 0 Å². The van der Waals surface area contributed by atoms with E-state index in [1.165, 1.54) is 25.3 Å². The van der Waals surface area contributed by atoms with Crippen LogP contribution in [0.3, 0.4) is 0 Å². The summed E-state index contributed by atoms with van der Waals surface area (Å²) in [6, 6.07) is 11.6. The van der Waals surface area contributed by atoms with Crippen LogP contribution < -0.4 is 4.74 Å². The molecule has 0 unspecified atom stereocenters. The highest BCUT2D eigenvalue weighted by atomic mass is 19.1. The van der Waals surface area contributed by atoms with E-state index in [4.69, 9.17) is 4.74 Å². The van der Waals surface area contributed by atoms with E-state index in [1.807, 2.05) is 25.1 Å². The number of benzene rings is 2. The lowest BCUT2D eigenvalue weighted by Crippen LogP contribution is -2.03. The van der Waals surface area contributed by atoms with Gasteiger partial charge < -0.3 is 4.74 Å². The third-order valence-corrected chi connectivity index (χ3v) is 3.01. The van der Waals surface area contributed by atoms with Crippen LogP contribution in [0.4, 0.5) is 4.39 Å². The molecule has 0 bridgehead atoms. The summed E-state index contributed by atoms with van der Waals surface area (Å²) < 4.78 is 18.2. The van der Waals surface area contributed by atoms with Crippen molar-refractivity contribution in [2.24, 2.45) is 0 Å². The monoisotopic (exact) mass is 258 g/mol. The maximum absolute atomic E-state index is 13.3. The SMILES string of the molecule is CCc1cccc(C(=O)c2ccc(F)c(OC)c2)c1. The van der Waals surface area contributed by atoms with Gasteiger partial charge in [-0.1, -0.05) is 25.1 Å². The fraction of sp³-hybridized carbons (Fsp3) is 0.188. The maximum Gasteiger partial charge on any atom is 0.193 e. The molecule has 0 N–H and O–H groups in total. The third kappa shape index (κ3) is 2.81. The van der Waals surface area contributed by atoms with Gasteiger partial charge in [0.15, 0.2) is 17.3 Å². The molecule has 2 rings (SSSR count).